The molecule has 1 aromatic carbocycles. The summed E-state index contributed by atoms with van der Waals surface area (Å²) in [4.78, 5) is 4.72. The van der Waals surface area contributed by atoms with Gasteiger partial charge in [0.25, 0.3) is 0 Å². The maximum absolute atomic E-state index is 12.9. The van der Waals surface area contributed by atoms with Crippen LogP contribution in [0.3, 0.4) is 0 Å². The average molecular weight is 314 g/mol. The van der Waals surface area contributed by atoms with Crippen LogP contribution in [-0.2, 0) is 6.18 Å². The van der Waals surface area contributed by atoms with Crippen molar-refractivity contribution in [3.63, 3.8) is 0 Å². The fourth-order valence-corrected chi connectivity index (χ4v) is 4.17. The number of thioether (sulfide) groups is 1. The number of nitrogens with zero attached hydrogens (tertiary/aromatic N) is 1. The molecule has 2 nitrogen and oxygen atoms in total. The standard InChI is InChI=1S/C15H17F3N2S/c1-10-4-5-11(8-12(10)15(16,17)18)19-13-20-14(9-21-13)6-2-3-7-14/h4-5,8H,2-3,6-7,9H2,1H3,(H,19,20). The molecular weight excluding hydrogens is 297 g/mol. The van der Waals surface area contributed by atoms with Crippen molar-refractivity contribution in [2.45, 2.75) is 44.3 Å². The maximum atomic E-state index is 12.9. The minimum atomic E-state index is -4.32. The summed E-state index contributed by atoms with van der Waals surface area (Å²) in [6.07, 6.45) is 0.249. The normalized spacial score (nSPS) is 20.9. The van der Waals surface area contributed by atoms with Crippen molar-refractivity contribution in [3.8, 4) is 0 Å². The van der Waals surface area contributed by atoms with Crippen molar-refractivity contribution < 1.29 is 13.2 Å². The molecule has 0 amide bonds. The Labute approximate surface area is 126 Å². The van der Waals surface area contributed by atoms with Crippen molar-refractivity contribution in [2.75, 3.05) is 11.1 Å². The van der Waals surface area contributed by atoms with Gasteiger partial charge in [-0.05, 0) is 37.5 Å². The molecule has 1 saturated carbocycles. The first-order chi connectivity index (χ1) is 9.88. The van der Waals surface area contributed by atoms with E-state index in [1.54, 1.807) is 17.8 Å². The van der Waals surface area contributed by atoms with Crippen molar-refractivity contribution in [2.24, 2.45) is 4.99 Å². The summed E-state index contributed by atoms with van der Waals surface area (Å²) in [6.45, 7) is 1.47. The summed E-state index contributed by atoms with van der Waals surface area (Å²) < 4.78 is 38.8. The zero-order chi connectivity index (χ0) is 15.1. The number of hydrogen-bond acceptors (Lipinski definition) is 3. The van der Waals surface area contributed by atoms with E-state index in [9.17, 15) is 13.2 Å². The first kappa shape index (κ1) is 14.8. The van der Waals surface area contributed by atoms with Gasteiger partial charge in [0.15, 0.2) is 5.17 Å². The highest BCUT2D eigenvalue weighted by Crippen LogP contribution is 2.41. The Morgan fingerprint density at radius 3 is 2.62 bits per heavy atom. The number of anilines is 1. The number of aliphatic imine (C=N–C) groups is 1. The van der Waals surface area contributed by atoms with Gasteiger partial charge in [-0.1, -0.05) is 30.7 Å². The molecule has 0 saturated heterocycles. The second kappa shape index (κ2) is 5.23. The molecular formula is C15H17F3N2S. The molecule has 1 aliphatic carbocycles. The van der Waals surface area contributed by atoms with Gasteiger partial charge in [-0.15, -0.1) is 0 Å². The van der Waals surface area contributed by atoms with Crippen LogP contribution in [0.25, 0.3) is 0 Å². The first-order valence-electron chi connectivity index (χ1n) is 7.06. The van der Waals surface area contributed by atoms with Gasteiger partial charge in [0.2, 0.25) is 0 Å². The molecule has 1 fully saturated rings. The monoisotopic (exact) mass is 314 g/mol. The molecule has 1 N–H and O–H groups in total. The third-order valence-corrected chi connectivity index (χ3v) is 5.29. The molecule has 1 heterocycles. The van der Waals surface area contributed by atoms with E-state index >= 15 is 0 Å². The van der Waals surface area contributed by atoms with Crippen LogP contribution >= 0.6 is 11.8 Å². The molecule has 114 valence electrons. The Kier molecular flexibility index (Phi) is 3.67. The van der Waals surface area contributed by atoms with E-state index in [0.29, 0.717) is 5.69 Å². The molecule has 1 aromatic rings. The zero-order valence-electron chi connectivity index (χ0n) is 11.8. The van der Waals surface area contributed by atoms with E-state index < -0.39 is 11.7 Å². The largest absolute Gasteiger partial charge is 0.416 e. The van der Waals surface area contributed by atoms with E-state index in [0.717, 1.165) is 29.8 Å². The van der Waals surface area contributed by atoms with Gasteiger partial charge in [0, 0.05) is 11.4 Å². The van der Waals surface area contributed by atoms with Crippen molar-refractivity contribution >= 4 is 22.6 Å². The molecule has 6 heteroatoms. The summed E-state index contributed by atoms with van der Waals surface area (Å²) in [5.41, 5.74) is 0.132. The second-order valence-corrected chi connectivity index (χ2v) is 6.75. The average Bonchev–Trinajstić information content (AvgIpc) is 3.02. The van der Waals surface area contributed by atoms with Gasteiger partial charge in [0.05, 0.1) is 11.1 Å². The van der Waals surface area contributed by atoms with Crippen LogP contribution < -0.4 is 5.32 Å². The minimum absolute atomic E-state index is 0.0323. The van der Waals surface area contributed by atoms with Crippen molar-refractivity contribution in [1.29, 1.82) is 0 Å². The van der Waals surface area contributed by atoms with Crippen molar-refractivity contribution in [3.05, 3.63) is 29.3 Å². The Hall–Kier alpha value is -1.17. The third kappa shape index (κ3) is 3.05. The van der Waals surface area contributed by atoms with Crippen LogP contribution in [0.1, 0.15) is 36.8 Å². The lowest BCUT2D eigenvalue weighted by Gasteiger charge is -2.16. The van der Waals surface area contributed by atoms with Crippen LogP contribution in [0.15, 0.2) is 23.2 Å². The Morgan fingerprint density at radius 1 is 1.24 bits per heavy atom. The Bertz CT molecular complexity index is 575. The molecule has 0 atom stereocenters. The molecule has 0 unspecified atom stereocenters. The van der Waals surface area contributed by atoms with Crippen LogP contribution in [0, 0.1) is 6.92 Å². The highest BCUT2D eigenvalue weighted by Gasteiger charge is 2.38. The number of rotatable bonds is 1. The summed E-state index contributed by atoms with van der Waals surface area (Å²) >= 11 is 1.61. The summed E-state index contributed by atoms with van der Waals surface area (Å²) in [7, 11) is 0. The molecule has 2 aliphatic rings. The Morgan fingerprint density at radius 2 is 1.95 bits per heavy atom. The number of amidine groups is 1. The van der Waals surface area contributed by atoms with Crippen LogP contribution in [0.2, 0.25) is 0 Å². The number of halogens is 3. The number of aryl methyl sites for hydroxylation is 1. The van der Waals surface area contributed by atoms with Gasteiger partial charge < -0.3 is 5.32 Å². The number of benzene rings is 1. The van der Waals surface area contributed by atoms with Gasteiger partial charge >= 0.3 is 6.18 Å². The highest BCUT2D eigenvalue weighted by molar-refractivity contribution is 8.14. The van der Waals surface area contributed by atoms with E-state index in [4.69, 9.17) is 4.99 Å². The molecule has 0 aromatic heterocycles. The van der Waals surface area contributed by atoms with Gasteiger partial charge in [-0.3, -0.25) is 4.99 Å². The van der Waals surface area contributed by atoms with E-state index in [2.05, 4.69) is 5.32 Å². The number of nitrogens with one attached hydrogen (secondary N) is 1. The number of alkyl halides is 3. The predicted octanol–water partition coefficient (Wildman–Crippen LogP) is 4.84. The van der Waals surface area contributed by atoms with E-state index in [1.165, 1.54) is 25.8 Å². The molecule has 0 bridgehead atoms. The molecule has 1 aliphatic heterocycles. The first-order valence-corrected chi connectivity index (χ1v) is 8.04. The quantitative estimate of drug-likeness (QED) is 0.802. The second-order valence-electron chi connectivity index (χ2n) is 5.79. The smallest absolute Gasteiger partial charge is 0.335 e. The Balaban J connectivity index is 1.80. The van der Waals surface area contributed by atoms with Gasteiger partial charge in [-0.2, -0.15) is 13.2 Å². The lowest BCUT2D eigenvalue weighted by atomic mass is 10.0. The fourth-order valence-electron chi connectivity index (χ4n) is 2.96. The van der Waals surface area contributed by atoms with Crippen LogP contribution in [-0.4, -0.2) is 16.5 Å². The van der Waals surface area contributed by atoms with Crippen LogP contribution in [0.5, 0.6) is 0 Å². The summed E-state index contributed by atoms with van der Waals surface area (Å²) in [6, 6.07) is 4.34. The lowest BCUT2D eigenvalue weighted by molar-refractivity contribution is -0.138. The fraction of sp³-hybridized carbons (Fsp3) is 0.533. The SMILES string of the molecule is Cc1ccc(NC2=NC3(CCCC3)CS2)cc1C(F)(F)F. The summed E-state index contributed by atoms with van der Waals surface area (Å²) in [5, 5.41) is 3.79. The molecule has 3 rings (SSSR count). The van der Waals surface area contributed by atoms with Gasteiger partial charge in [-0.25, -0.2) is 0 Å². The minimum Gasteiger partial charge on any atom is -0.335 e. The summed E-state index contributed by atoms with van der Waals surface area (Å²) in [5.74, 6) is 0.938. The zero-order valence-corrected chi connectivity index (χ0v) is 12.6. The lowest BCUT2D eigenvalue weighted by Crippen LogP contribution is -2.21. The van der Waals surface area contributed by atoms with E-state index in [1.807, 2.05) is 0 Å². The number of hydrogen-bond donors (Lipinski definition) is 1. The van der Waals surface area contributed by atoms with E-state index in [-0.39, 0.29) is 11.1 Å². The maximum Gasteiger partial charge on any atom is 0.416 e. The highest BCUT2D eigenvalue weighted by atomic mass is 32.2. The molecule has 0 radical (unpaired) electrons. The molecule has 1 spiro atoms. The topological polar surface area (TPSA) is 24.4 Å². The predicted molar refractivity (Wildman–Crippen MR) is 80.9 cm³/mol. The molecule has 21 heavy (non-hydrogen) atoms. The third-order valence-electron chi connectivity index (χ3n) is 4.14. The van der Waals surface area contributed by atoms with Gasteiger partial charge in [0.1, 0.15) is 0 Å². The van der Waals surface area contributed by atoms with Crippen molar-refractivity contribution in [1.82, 2.24) is 0 Å². The van der Waals surface area contributed by atoms with Crippen LogP contribution in [0.4, 0.5) is 18.9 Å².